The van der Waals surface area contributed by atoms with E-state index >= 15 is 0 Å². The van der Waals surface area contributed by atoms with Crippen molar-refractivity contribution in [2.24, 2.45) is 0 Å². The second-order valence-corrected chi connectivity index (χ2v) is 4.59. The first-order valence-corrected chi connectivity index (χ1v) is 6.29. The van der Waals surface area contributed by atoms with Crippen molar-refractivity contribution >= 4 is 5.97 Å². The van der Waals surface area contributed by atoms with Gasteiger partial charge in [0.05, 0.1) is 6.42 Å². The standard InChI is InChI=1S/C14H17F3O3/c1-3-9(2)10-6-4-5-7-11(10)20-12(8-13(18)19)14(15,16)17/h4-7,9,12H,3,8H2,1-2H3,(H,18,19). The second kappa shape index (κ2) is 6.63. The Morgan fingerprint density at radius 3 is 2.45 bits per heavy atom. The van der Waals surface area contributed by atoms with Crippen LogP contribution < -0.4 is 4.74 Å². The van der Waals surface area contributed by atoms with Crippen molar-refractivity contribution in [1.29, 1.82) is 0 Å². The predicted molar refractivity (Wildman–Crippen MR) is 67.9 cm³/mol. The number of rotatable bonds is 6. The van der Waals surface area contributed by atoms with Gasteiger partial charge in [0.25, 0.3) is 0 Å². The van der Waals surface area contributed by atoms with Crippen molar-refractivity contribution in [3.05, 3.63) is 29.8 Å². The Morgan fingerprint density at radius 2 is 1.95 bits per heavy atom. The van der Waals surface area contributed by atoms with Crippen molar-refractivity contribution in [3.63, 3.8) is 0 Å². The number of aliphatic carboxylic acids is 1. The maximum absolute atomic E-state index is 12.8. The van der Waals surface area contributed by atoms with Crippen molar-refractivity contribution in [3.8, 4) is 5.75 Å². The van der Waals surface area contributed by atoms with E-state index in [2.05, 4.69) is 0 Å². The van der Waals surface area contributed by atoms with Gasteiger partial charge in [-0.15, -0.1) is 0 Å². The molecule has 1 aromatic rings. The van der Waals surface area contributed by atoms with Gasteiger partial charge in [0.1, 0.15) is 5.75 Å². The van der Waals surface area contributed by atoms with Gasteiger partial charge < -0.3 is 9.84 Å². The Bertz CT molecular complexity index is 457. The highest BCUT2D eigenvalue weighted by Gasteiger charge is 2.43. The molecule has 0 fully saturated rings. The first kappa shape index (κ1) is 16.3. The van der Waals surface area contributed by atoms with Crippen LogP contribution in [0.3, 0.4) is 0 Å². The van der Waals surface area contributed by atoms with Gasteiger partial charge in [-0.2, -0.15) is 13.2 Å². The molecule has 2 unspecified atom stereocenters. The molecule has 112 valence electrons. The minimum absolute atomic E-state index is 0.0323. The number of alkyl halides is 3. The first-order chi connectivity index (χ1) is 9.25. The van der Waals surface area contributed by atoms with E-state index < -0.39 is 24.7 Å². The molecule has 0 aromatic heterocycles. The lowest BCUT2D eigenvalue weighted by Gasteiger charge is -2.23. The number of carbonyl (C=O) groups is 1. The number of carboxylic acid groups (broad SMARTS) is 1. The summed E-state index contributed by atoms with van der Waals surface area (Å²) in [7, 11) is 0. The minimum atomic E-state index is -4.72. The topological polar surface area (TPSA) is 46.5 Å². The van der Waals surface area contributed by atoms with Crippen LogP contribution in [-0.2, 0) is 4.79 Å². The molecule has 0 aliphatic carbocycles. The highest BCUT2D eigenvalue weighted by Crippen LogP contribution is 2.33. The van der Waals surface area contributed by atoms with Crippen LogP contribution >= 0.6 is 0 Å². The smallest absolute Gasteiger partial charge is 0.426 e. The molecule has 0 radical (unpaired) electrons. The van der Waals surface area contributed by atoms with Gasteiger partial charge in [-0.25, -0.2) is 0 Å². The van der Waals surface area contributed by atoms with E-state index in [-0.39, 0.29) is 11.7 Å². The molecule has 6 heteroatoms. The molecule has 2 atom stereocenters. The first-order valence-electron chi connectivity index (χ1n) is 6.29. The second-order valence-electron chi connectivity index (χ2n) is 4.59. The zero-order chi connectivity index (χ0) is 15.3. The quantitative estimate of drug-likeness (QED) is 0.861. The number of para-hydroxylation sites is 1. The number of ether oxygens (including phenoxy) is 1. The Hall–Kier alpha value is -1.72. The number of benzene rings is 1. The highest BCUT2D eigenvalue weighted by atomic mass is 19.4. The molecule has 0 bridgehead atoms. The summed E-state index contributed by atoms with van der Waals surface area (Å²) in [5.74, 6) is -1.43. The monoisotopic (exact) mass is 290 g/mol. The van der Waals surface area contributed by atoms with Gasteiger partial charge in [0, 0.05) is 0 Å². The van der Waals surface area contributed by atoms with Gasteiger partial charge in [-0.1, -0.05) is 32.0 Å². The van der Waals surface area contributed by atoms with E-state index in [1.54, 1.807) is 18.2 Å². The Labute approximate surface area is 115 Å². The Kier molecular flexibility index (Phi) is 5.42. The van der Waals surface area contributed by atoms with Crippen LogP contribution in [0.25, 0.3) is 0 Å². The molecule has 1 aromatic carbocycles. The molecule has 0 saturated heterocycles. The van der Waals surface area contributed by atoms with Gasteiger partial charge in [0.15, 0.2) is 0 Å². The molecular formula is C14H17F3O3. The summed E-state index contributed by atoms with van der Waals surface area (Å²) in [5.41, 5.74) is 0.648. The summed E-state index contributed by atoms with van der Waals surface area (Å²) in [5, 5.41) is 8.57. The van der Waals surface area contributed by atoms with E-state index in [1.165, 1.54) is 6.07 Å². The van der Waals surface area contributed by atoms with Gasteiger partial charge in [-0.3, -0.25) is 4.79 Å². The van der Waals surface area contributed by atoms with E-state index in [0.717, 1.165) is 6.42 Å². The molecule has 0 aliphatic rings. The van der Waals surface area contributed by atoms with Crippen LogP contribution in [0, 0.1) is 0 Å². The van der Waals surface area contributed by atoms with E-state index in [9.17, 15) is 18.0 Å². The van der Waals surface area contributed by atoms with Gasteiger partial charge >= 0.3 is 12.1 Å². The Balaban J connectivity index is 3.02. The third kappa shape index (κ3) is 4.43. The predicted octanol–water partition coefficient (Wildman–Crippen LogP) is 3.98. The Morgan fingerprint density at radius 1 is 1.35 bits per heavy atom. The third-order valence-electron chi connectivity index (χ3n) is 3.06. The summed E-state index contributed by atoms with van der Waals surface area (Å²) in [6, 6.07) is 6.41. The maximum atomic E-state index is 12.8. The maximum Gasteiger partial charge on any atom is 0.426 e. The molecule has 1 rings (SSSR count). The summed E-state index contributed by atoms with van der Waals surface area (Å²) >= 11 is 0. The molecule has 0 saturated carbocycles. The van der Waals surface area contributed by atoms with Crippen LogP contribution in [0.2, 0.25) is 0 Å². The molecule has 3 nitrogen and oxygen atoms in total. The van der Waals surface area contributed by atoms with Crippen molar-refractivity contribution in [2.45, 2.75) is 44.9 Å². The largest absolute Gasteiger partial charge is 0.481 e. The molecule has 1 N–H and O–H groups in total. The molecule has 20 heavy (non-hydrogen) atoms. The summed E-state index contributed by atoms with van der Waals surface area (Å²) < 4.78 is 43.3. The number of hydrogen-bond donors (Lipinski definition) is 1. The van der Waals surface area contributed by atoms with Crippen LogP contribution in [0.15, 0.2) is 24.3 Å². The number of hydrogen-bond acceptors (Lipinski definition) is 2. The third-order valence-corrected chi connectivity index (χ3v) is 3.06. The lowest BCUT2D eigenvalue weighted by molar-refractivity contribution is -0.200. The van der Waals surface area contributed by atoms with Crippen LogP contribution in [0.5, 0.6) is 5.75 Å². The molecule has 0 spiro atoms. The molecule has 0 heterocycles. The molecule has 0 amide bonds. The van der Waals surface area contributed by atoms with Crippen molar-refractivity contribution < 1.29 is 27.8 Å². The van der Waals surface area contributed by atoms with Crippen molar-refractivity contribution in [2.75, 3.05) is 0 Å². The van der Waals surface area contributed by atoms with E-state index in [1.807, 2.05) is 13.8 Å². The number of carboxylic acids is 1. The fraction of sp³-hybridized carbons (Fsp3) is 0.500. The molecular weight excluding hydrogens is 273 g/mol. The fourth-order valence-corrected chi connectivity index (χ4v) is 1.75. The average Bonchev–Trinajstić information content (AvgIpc) is 2.36. The van der Waals surface area contributed by atoms with Crippen LogP contribution in [0.4, 0.5) is 13.2 Å². The minimum Gasteiger partial charge on any atom is -0.481 e. The van der Waals surface area contributed by atoms with Crippen LogP contribution in [0.1, 0.15) is 38.2 Å². The van der Waals surface area contributed by atoms with E-state index in [0.29, 0.717) is 5.56 Å². The van der Waals surface area contributed by atoms with Crippen molar-refractivity contribution in [1.82, 2.24) is 0 Å². The lowest BCUT2D eigenvalue weighted by atomic mass is 9.98. The van der Waals surface area contributed by atoms with Crippen LogP contribution in [-0.4, -0.2) is 23.4 Å². The lowest BCUT2D eigenvalue weighted by Crippen LogP contribution is -2.36. The normalized spacial score (nSPS) is 14.7. The highest BCUT2D eigenvalue weighted by molar-refractivity contribution is 5.67. The fourth-order valence-electron chi connectivity index (χ4n) is 1.75. The molecule has 0 aliphatic heterocycles. The van der Waals surface area contributed by atoms with Gasteiger partial charge in [0.2, 0.25) is 6.10 Å². The summed E-state index contributed by atoms with van der Waals surface area (Å²) in [6.07, 6.45) is -7.43. The summed E-state index contributed by atoms with van der Waals surface area (Å²) in [4.78, 5) is 10.5. The average molecular weight is 290 g/mol. The van der Waals surface area contributed by atoms with Gasteiger partial charge in [-0.05, 0) is 24.0 Å². The summed E-state index contributed by atoms with van der Waals surface area (Å²) in [6.45, 7) is 3.79. The number of halogens is 3. The zero-order valence-electron chi connectivity index (χ0n) is 11.3. The van der Waals surface area contributed by atoms with E-state index in [4.69, 9.17) is 9.84 Å². The SMILES string of the molecule is CCC(C)c1ccccc1OC(CC(=O)O)C(F)(F)F. The zero-order valence-corrected chi connectivity index (χ0v) is 11.3.